The molecule has 1 fully saturated rings. The average Bonchev–Trinajstić information content (AvgIpc) is 2.74. The van der Waals surface area contributed by atoms with Gasteiger partial charge >= 0.3 is 0 Å². The van der Waals surface area contributed by atoms with Crippen molar-refractivity contribution in [2.24, 2.45) is 5.92 Å². The zero-order chi connectivity index (χ0) is 18.9. The van der Waals surface area contributed by atoms with E-state index >= 15 is 0 Å². The molecule has 2 bridgehead atoms. The van der Waals surface area contributed by atoms with Crippen molar-refractivity contribution in [2.75, 3.05) is 19.6 Å². The van der Waals surface area contributed by atoms with E-state index in [2.05, 4.69) is 27.0 Å². The van der Waals surface area contributed by atoms with E-state index < -0.39 is 0 Å². The molecule has 5 nitrogen and oxygen atoms in total. The second-order valence-corrected chi connectivity index (χ2v) is 8.03. The van der Waals surface area contributed by atoms with E-state index in [0.29, 0.717) is 11.8 Å². The lowest BCUT2D eigenvalue weighted by atomic mass is 9.82. The highest BCUT2D eigenvalue weighted by Gasteiger charge is 2.34. The smallest absolute Gasteiger partial charge is 0.251 e. The minimum Gasteiger partial charge on any atom is -0.312 e. The van der Waals surface area contributed by atoms with Crippen molar-refractivity contribution in [1.29, 1.82) is 0 Å². The molecule has 2 aliphatic heterocycles. The molecule has 0 aromatic carbocycles. The van der Waals surface area contributed by atoms with Crippen molar-refractivity contribution >= 4 is 0 Å². The van der Waals surface area contributed by atoms with Gasteiger partial charge in [0, 0.05) is 74.2 Å². The Labute approximate surface area is 164 Å². The first-order valence-electron chi connectivity index (χ1n) is 10.0. The van der Waals surface area contributed by atoms with Crippen LogP contribution in [0.4, 0.5) is 0 Å². The number of hydrogen-bond donors (Lipinski definition) is 0. The van der Waals surface area contributed by atoms with Gasteiger partial charge in [0.2, 0.25) is 0 Å². The molecule has 5 heterocycles. The highest BCUT2D eigenvalue weighted by molar-refractivity contribution is 5.62. The topological polar surface area (TPSA) is 51.0 Å². The van der Waals surface area contributed by atoms with Gasteiger partial charge in [-0.1, -0.05) is 12.1 Å². The first kappa shape index (κ1) is 17.3. The maximum Gasteiger partial charge on any atom is 0.251 e. The Morgan fingerprint density at radius 2 is 1.82 bits per heavy atom. The van der Waals surface area contributed by atoms with Gasteiger partial charge in [-0.2, -0.15) is 0 Å². The fourth-order valence-corrected chi connectivity index (χ4v) is 4.77. The average molecular weight is 372 g/mol. The predicted molar refractivity (Wildman–Crippen MR) is 109 cm³/mol. The molecule has 0 saturated carbocycles. The van der Waals surface area contributed by atoms with Crippen LogP contribution in [-0.2, 0) is 13.0 Å². The van der Waals surface area contributed by atoms with Crippen LogP contribution in [0.1, 0.15) is 23.6 Å². The number of likely N-dealkylation sites (tertiary alicyclic amines) is 1. The number of hydrogen-bond acceptors (Lipinski definition) is 4. The van der Waals surface area contributed by atoms with Gasteiger partial charge in [0.25, 0.3) is 5.56 Å². The van der Waals surface area contributed by atoms with Crippen molar-refractivity contribution in [3.05, 3.63) is 82.8 Å². The third-order valence-electron chi connectivity index (χ3n) is 6.07. The molecule has 2 atom stereocenters. The van der Waals surface area contributed by atoms with Crippen LogP contribution >= 0.6 is 0 Å². The molecule has 3 aromatic heterocycles. The molecule has 2 aliphatic rings. The summed E-state index contributed by atoms with van der Waals surface area (Å²) >= 11 is 0. The number of pyridine rings is 3. The Bertz CT molecular complexity index is 1020. The van der Waals surface area contributed by atoms with Crippen LogP contribution in [0, 0.1) is 5.92 Å². The van der Waals surface area contributed by atoms with Crippen molar-refractivity contribution in [2.45, 2.75) is 25.3 Å². The van der Waals surface area contributed by atoms with Gasteiger partial charge < -0.3 is 9.47 Å². The van der Waals surface area contributed by atoms with E-state index in [9.17, 15) is 4.79 Å². The molecule has 0 N–H and O–H groups in total. The summed E-state index contributed by atoms with van der Waals surface area (Å²) in [5.74, 6) is 0.979. The monoisotopic (exact) mass is 372 g/mol. The number of nitrogens with zero attached hydrogens (tertiary/aromatic N) is 4. The molecular formula is C23H24N4O. The highest BCUT2D eigenvalue weighted by Crippen LogP contribution is 2.36. The molecule has 0 radical (unpaired) electrons. The van der Waals surface area contributed by atoms with E-state index in [1.165, 1.54) is 17.7 Å². The summed E-state index contributed by atoms with van der Waals surface area (Å²) in [6, 6.07) is 12.1. The molecule has 0 aliphatic carbocycles. The van der Waals surface area contributed by atoms with E-state index in [-0.39, 0.29) is 5.56 Å². The lowest BCUT2D eigenvalue weighted by Crippen LogP contribution is -2.47. The second-order valence-electron chi connectivity index (χ2n) is 8.03. The maximum absolute atomic E-state index is 12.8. The Morgan fingerprint density at radius 3 is 2.61 bits per heavy atom. The third-order valence-corrected chi connectivity index (χ3v) is 6.07. The first-order chi connectivity index (χ1) is 13.8. The summed E-state index contributed by atoms with van der Waals surface area (Å²) in [4.78, 5) is 23.8. The molecule has 5 heteroatoms. The Hall–Kier alpha value is -2.79. The fourth-order valence-electron chi connectivity index (χ4n) is 4.77. The lowest BCUT2D eigenvalue weighted by Gasteiger charge is -2.43. The summed E-state index contributed by atoms with van der Waals surface area (Å²) < 4.78 is 2.01. The van der Waals surface area contributed by atoms with E-state index in [1.54, 1.807) is 12.3 Å². The second kappa shape index (κ2) is 7.32. The van der Waals surface area contributed by atoms with Gasteiger partial charge in [0.15, 0.2) is 0 Å². The van der Waals surface area contributed by atoms with Crippen LogP contribution in [-0.4, -0.2) is 39.1 Å². The Morgan fingerprint density at radius 1 is 0.964 bits per heavy atom. The SMILES string of the molecule is O=c1cc(-c2cccnc2)cc2n1C[C@H]1C[C@@H]2CN(CCc2cccnc2)C1. The van der Waals surface area contributed by atoms with Gasteiger partial charge in [0.05, 0.1) is 0 Å². The van der Waals surface area contributed by atoms with E-state index in [4.69, 9.17) is 0 Å². The number of aromatic nitrogens is 3. The molecule has 3 aromatic rings. The minimum absolute atomic E-state index is 0.120. The predicted octanol–water partition coefficient (Wildman–Crippen LogP) is 2.97. The van der Waals surface area contributed by atoms with Crippen LogP contribution in [0.5, 0.6) is 0 Å². The largest absolute Gasteiger partial charge is 0.312 e. The molecule has 0 amide bonds. The van der Waals surface area contributed by atoms with Gasteiger partial charge in [-0.25, -0.2) is 0 Å². The van der Waals surface area contributed by atoms with Crippen LogP contribution < -0.4 is 5.56 Å². The van der Waals surface area contributed by atoms with Crippen molar-refractivity contribution < 1.29 is 0 Å². The normalized spacial score (nSPS) is 21.3. The highest BCUT2D eigenvalue weighted by atomic mass is 16.1. The Balaban J connectivity index is 1.39. The minimum atomic E-state index is 0.120. The van der Waals surface area contributed by atoms with Gasteiger partial charge in [0.1, 0.15) is 0 Å². The molecule has 5 rings (SSSR count). The standard InChI is InChI=1S/C23H24N4O/c28-23-11-20(19-4-2-7-25-13-19)10-22-21-9-18(15-27(22)23)14-26(16-21)8-5-17-3-1-6-24-12-17/h1-4,6-7,10-13,18,21H,5,8-9,14-16H2/t18-,21+/m0/s1. The number of piperidine rings is 1. The molecular weight excluding hydrogens is 348 g/mol. The molecule has 28 heavy (non-hydrogen) atoms. The van der Waals surface area contributed by atoms with Crippen LogP contribution in [0.2, 0.25) is 0 Å². The summed E-state index contributed by atoms with van der Waals surface area (Å²) in [6.07, 6.45) is 9.58. The van der Waals surface area contributed by atoms with Crippen molar-refractivity contribution in [3.63, 3.8) is 0 Å². The maximum atomic E-state index is 12.8. The molecule has 1 saturated heterocycles. The zero-order valence-electron chi connectivity index (χ0n) is 15.9. The third kappa shape index (κ3) is 3.38. The summed E-state index contributed by atoms with van der Waals surface area (Å²) in [5.41, 5.74) is 4.59. The zero-order valence-corrected chi connectivity index (χ0v) is 15.9. The quantitative estimate of drug-likeness (QED) is 0.707. The van der Waals surface area contributed by atoms with Crippen molar-refractivity contribution in [3.8, 4) is 11.1 Å². The lowest BCUT2D eigenvalue weighted by molar-refractivity contribution is 0.121. The van der Waals surface area contributed by atoms with E-state index in [1.807, 2.05) is 41.4 Å². The van der Waals surface area contributed by atoms with Crippen LogP contribution in [0.3, 0.4) is 0 Å². The number of rotatable bonds is 4. The first-order valence-corrected chi connectivity index (χ1v) is 10.0. The Kier molecular flexibility index (Phi) is 4.53. The fraction of sp³-hybridized carbons (Fsp3) is 0.348. The van der Waals surface area contributed by atoms with Gasteiger partial charge in [-0.15, -0.1) is 0 Å². The molecule has 142 valence electrons. The van der Waals surface area contributed by atoms with Crippen LogP contribution in [0.25, 0.3) is 11.1 Å². The van der Waals surface area contributed by atoms with Crippen molar-refractivity contribution in [1.82, 2.24) is 19.4 Å². The van der Waals surface area contributed by atoms with E-state index in [0.717, 1.165) is 43.7 Å². The van der Waals surface area contributed by atoms with Gasteiger partial charge in [-0.05, 0) is 48.1 Å². The van der Waals surface area contributed by atoms with Crippen LogP contribution in [0.15, 0.2) is 66.0 Å². The molecule has 0 unspecified atom stereocenters. The summed E-state index contributed by atoms with van der Waals surface area (Å²) in [7, 11) is 0. The number of fused-ring (bicyclic) bond motifs is 4. The summed E-state index contributed by atoms with van der Waals surface area (Å²) in [5, 5.41) is 0. The van der Waals surface area contributed by atoms with Gasteiger partial charge in [-0.3, -0.25) is 14.8 Å². The molecule has 0 spiro atoms. The summed E-state index contributed by atoms with van der Waals surface area (Å²) in [6.45, 7) is 3.98.